The summed E-state index contributed by atoms with van der Waals surface area (Å²) in [6.07, 6.45) is 0. The molecular weight excluding hydrogens is 1140 g/mol. The van der Waals surface area contributed by atoms with Gasteiger partial charge in [0.05, 0.1) is 105 Å². The zero-order valence-corrected chi connectivity index (χ0v) is 55.2. The Kier molecular flexibility index (Phi) is 444. The van der Waals surface area contributed by atoms with Crippen molar-refractivity contribution < 1.29 is 164 Å². The molecule has 0 unspecified atom stereocenters. The van der Waals surface area contributed by atoms with Gasteiger partial charge in [-0.3, -0.25) is 0 Å². The molecule has 0 aliphatic rings. The largest absolute Gasteiger partial charge is 0 e. The van der Waals surface area contributed by atoms with Gasteiger partial charge in [0, 0.05) is 69.4 Å². The molecule has 0 N–H and O–H groups in total. The Balaban J connectivity index is -0.0000000177. The summed E-state index contributed by atoms with van der Waals surface area (Å²) in [6, 6.07) is 0. The predicted molar refractivity (Wildman–Crippen MR) is 259 cm³/mol. The number of hydrogen-bond acceptors (Lipinski definition) is 4. The molecule has 24 heteroatoms. The van der Waals surface area contributed by atoms with Crippen LogP contribution in [0.4, 0.5) is 0 Å². The Bertz CT molecular complexity index is 742. The fourth-order valence-electron chi connectivity index (χ4n) is 5.37. The topological polar surface area (TPSA) is 331 Å². The molecule has 0 saturated heterocycles. The molecule has 0 bridgehead atoms. The molecule has 448 valence electrons. The van der Waals surface area contributed by atoms with E-state index in [1.165, 1.54) is 123 Å². The van der Waals surface area contributed by atoms with E-state index < -0.39 is 0 Å². The average Bonchev–Trinajstić information content (AvgIpc) is 3.49. The fraction of sp³-hybridized carbons (Fsp3) is 0.769. The zero-order valence-electron chi connectivity index (χ0n) is 50.1. The van der Waals surface area contributed by atoms with Gasteiger partial charge in [-0.15, -0.1) is 26.4 Å². The smallest absolute Gasteiger partial charge is 0 e. The summed E-state index contributed by atoms with van der Waals surface area (Å²) in [4.78, 5) is 0. The van der Waals surface area contributed by atoms with Gasteiger partial charge in [0.15, 0.2) is 0 Å². The molecule has 0 aliphatic carbocycles. The molecule has 0 aromatic carbocycles. The van der Waals surface area contributed by atoms with Crippen LogP contribution in [0.5, 0.6) is 0 Å². The third-order valence-corrected chi connectivity index (χ3v) is 10.7. The molecule has 0 aromatic rings. The van der Waals surface area contributed by atoms with Gasteiger partial charge in [-0.2, -0.15) is 0 Å². The summed E-state index contributed by atoms with van der Waals surface area (Å²) >= 11 is 0. The van der Waals surface area contributed by atoms with Crippen molar-refractivity contribution in [2.24, 2.45) is 0 Å². The first-order valence-corrected chi connectivity index (χ1v) is 22.8. The number of hydrogen-bond donors (Lipinski definition) is 0. The van der Waals surface area contributed by atoms with E-state index in [9.17, 15) is 0 Å². The van der Waals surface area contributed by atoms with Crippen LogP contribution in [0.15, 0.2) is 0 Å². The van der Waals surface area contributed by atoms with E-state index in [1.807, 2.05) is 0 Å². The van der Waals surface area contributed by atoms with E-state index >= 15 is 0 Å². The Hall–Kier alpha value is -1.31. The number of nitrogens with zero attached hydrogens (tertiary/aromatic N) is 4. The normalized spacial score (nSPS) is 6.95. The molecule has 76 heavy (non-hydrogen) atoms. The van der Waals surface area contributed by atoms with Gasteiger partial charge >= 0.3 is 136 Å². The maximum atomic E-state index is 8.93. The first-order valence-electron chi connectivity index (χ1n) is 22.8. The molecule has 0 amide bonds. The van der Waals surface area contributed by atoms with Crippen molar-refractivity contribution in [3.8, 4) is 0 Å². The average molecular weight is 1250 g/mol. The summed E-state index contributed by atoms with van der Waals surface area (Å²) in [5, 5.41) is 35.7. The van der Waals surface area contributed by atoms with Crippen LogP contribution in [0.3, 0.4) is 0 Å². The molecule has 0 atom stereocenters. The summed E-state index contributed by atoms with van der Waals surface area (Å²) in [6.45, 7) is 117. The molecule has 0 heterocycles. The maximum absolute atomic E-state index is 8.93. The second kappa shape index (κ2) is 214. The van der Waals surface area contributed by atoms with Crippen molar-refractivity contribution in [1.82, 2.24) is 0 Å². The summed E-state index contributed by atoms with van der Waals surface area (Å²) in [5.74, 6) is 0. The van der Waals surface area contributed by atoms with Crippen LogP contribution >= 0.6 is 0 Å². The van der Waals surface area contributed by atoms with Crippen LogP contribution < -0.4 is 20.4 Å². The Labute approximate surface area is 510 Å². The van der Waals surface area contributed by atoms with Crippen LogP contribution in [0.2, 0.25) is 0 Å². The van der Waals surface area contributed by atoms with Crippen LogP contribution in [0.25, 0.3) is 0 Å². The molecule has 0 spiro atoms. The molecule has 0 rings (SSSR count). The molecule has 0 aromatic heterocycles. The van der Waals surface area contributed by atoms with Gasteiger partial charge in [0.25, 0.3) is 0 Å². The van der Waals surface area contributed by atoms with Gasteiger partial charge in [0.1, 0.15) is 0 Å². The van der Waals surface area contributed by atoms with Gasteiger partial charge in [0.2, 0.25) is 0 Å². The SMILES string of the molecule is CC[N+](CC)(CC)CC.CC[N+](CC)(CC)CC.CC[N+](CC)(CC)CC.CC[N+](CC)(CC)CC.CC[O-].CC[O-].CC[O-].CC[O-].[C-]#[O+].[C-]#[O+].[C-]#[O+].[C-]#[O+].[C-]#[O+].[C-]#[O+].[C-]#[O+].[C-]#[O+].[C-]#[O+].[C-]#[O+].[C-]#[O+].[C-]#[O+].[Cr].[Cr].[Cr].[Cr]. The van der Waals surface area contributed by atoms with E-state index in [0.717, 1.165) is 0 Å². The van der Waals surface area contributed by atoms with Crippen molar-refractivity contribution in [1.29, 1.82) is 0 Å². The van der Waals surface area contributed by atoms with Gasteiger partial charge in [-0.1, -0.05) is 27.7 Å². The third kappa shape index (κ3) is 171. The minimum atomic E-state index is 0. The monoisotopic (exact) mass is 1240 g/mol. The minimum absolute atomic E-state index is 0. The van der Waals surface area contributed by atoms with Crippen LogP contribution in [0.1, 0.15) is 138 Å². The molecule has 0 aliphatic heterocycles. The van der Waals surface area contributed by atoms with Crippen LogP contribution in [-0.2, 0) is 125 Å². The second-order valence-electron chi connectivity index (χ2n) is 11.6. The van der Waals surface area contributed by atoms with Crippen molar-refractivity contribution in [3.63, 3.8) is 0 Å². The summed E-state index contributed by atoms with van der Waals surface area (Å²) in [7, 11) is 0. The van der Waals surface area contributed by atoms with Gasteiger partial charge < -0.3 is 38.4 Å². The standard InChI is InChI=1S/4C8H20N.4C2H5O.12CO.4Cr/c4*1-5-9(6-2,7-3)8-4;4*1-2-3;12*1-2;;;;/h4*5-8H2,1-4H3;4*2H2,1H3;;;;;;;;;;;;;;;;/q4*+1;4*-1;;;;;;;;;;;;;;;;. The third-order valence-electron chi connectivity index (χ3n) is 10.7. The quantitative estimate of drug-likeness (QED) is 0.122. The van der Waals surface area contributed by atoms with Crippen molar-refractivity contribution in [2.75, 3.05) is 131 Å². The Morgan fingerprint density at radius 2 is 0.197 bits per heavy atom. The van der Waals surface area contributed by atoms with Crippen molar-refractivity contribution in [2.45, 2.75) is 138 Å². The fourth-order valence-corrected chi connectivity index (χ4v) is 5.37. The van der Waals surface area contributed by atoms with Crippen LogP contribution in [-0.4, -0.2) is 149 Å². The second-order valence-corrected chi connectivity index (χ2v) is 11.6. The van der Waals surface area contributed by atoms with E-state index in [0.29, 0.717) is 0 Å². The van der Waals surface area contributed by atoms with E-state index in [2.05, 4.69) is 191 Å². The zero-order chi connectivity index (χ0) is 64.1. The minimum Gasteiger partial charge on any atom is 0 e. The van der Waals surface area contributed by atoms with Gasteiger partial charge in [-0.25, -0.2) is 0 Å². The van der Waals surface area contributed by atoms with E-state index in [4.69, 9.17) is 76.3 Å². The number of rotatable bonds is 16. The number of quaternary nitrogens is 4. The summed E-state index contributed by atoms with van der Waals surface area (Å²) in [5.41, 5.74) is 0. The first kappa shape index (κ1) is 158. The van der Waals surface area contributed by atoms with E-state index in [1.54, 1.807) is 27.7 Å². The molecule has 0 saturated carbocycles. The van der Waals surface area contributed by atoms with E-state index in [-0.39, 0.29) is 95.9 Å². The maximum Gasteiger partial charge on any atom is 0 e. The van der Waals surface area contributed by atoms with Crippen LogP contribution in [0, 0.1) is 79.8 Å². The molecular formula is C52H100Cr4N4O16. The Morgan fingerprint density at radius 1 is 0.171 bits per heavy atom. The first-order chi connectivity index (χ1) is 34.6. The summed E-state index contributed by atoms with van der Waals surface area (Å²) < 4.78 is 95.1. The Morgan fingerprint density at radius 3 is 0.197 bits per heavy atom. The molecule has 0 radical (unpaired) electrons. The molecule has 20 nitrogen and oxygen atoms in total. The van der Waals surface area contributed by atoms with Gasteiger partial charge in [-0.05, 0) is 111 Å². The molecule has 0 fully saturated rings. The van der Waals surface area contributed by atoms with Crippen molar-refractivity contribution >= 4 is 0 Å². The predicted octanol–water partition coefficient (Wildman–Crippen LogP) is 4.54. The van der Waals surface area contributed by atoms with Crippen molar-refractivity contribution in [3.05, 3.63) is 79.8 Å².